The molecule has 2 fully saturated rings. The third-order valence-corrected chi connectivity index (χ3v) is 6.93. The van der Waals surface area contributed by atoms with E-state index in [2.05, 4.69) is 4.72 Å². The Bertz CT molecular complexity index is 756. The van der Waals surface area contributed by atoms with E-state index in [9.17, 15) is 13.2 Å². The van der Waals surface area contributed by atoms with Crippen LogP contribution in [0.15, 0.2) is 29.2 Å². The lowest BCUT2D eigenvalue weighted by Gasteiger charge is -2.42. The molecule has 0 bridgehead atoms. The molecule has 4 rings (SSSR count). The van der Waals surface area contributed by atoms with Gasteiger partial charge in [-0.25, -0.2) is 8.42 Å². The normalized spacial score (nSPS) is 27.8. The molecule has 1 atom stereocenters. The zero-order valence-corrected chi connectivity index (χ0v) is 14.3. The summed E-state index contributed by atoms with van der Waals surface area (Å²) in [6, 6.07) is 6.16. The fourth-order valence-electron chi connectivity index (χ4n) is 4.16. The fraction of sp³-hybridized carbons (Fsp3) is 0.588. The van der Waals surface area contributed by atoms with Crippen molar-refractivity contribution in [3.63, 3.8) is 0 Å². The van der Waals surface area contributed by atoms with Crippen LogP contribution in [0, 0.1) is 0 Å². The molecule has 0 radical (unpaired) electrons. The maximum absolute atomic E-state index is 12.9. The molecular weight excluding hydrogens is 328 g/mol. The highest BCUT2D eigenvalue weighted by Gasteiger charge is 2.43. The van der Waals surface area contributed by atoms with E-state index in [-0.39, 0.29) is 16.4 Å². The molecule has 1 saturated heterocycles. The standard InChI is InChI=1S/C17H22N2O4S/c20-16(19-9-10-23-17(12-19)7-3-4-8-17)14-11-13-5-1-2-6-15(13)24(21,22)18-14/h1-2,5-6,14,18H,3-4,7-12H2. The number of rotatable bonds is 1. The van der Waals surface area contributed by atoms with E-state index in [4.69, 9.17) is 4.74 Å². The molecule has 1 saturated carbocycles. The van der Waals surface area contributed by atoms with Gasteiger partial charge in [0.25, 0.3) is 0 Å². The minimum Gasteiger partial charge on any atom is -0.371 e. The molecule has 1 aromatic carbocycles. The minimum atomic E-state index is -3.63. The molecule has 2 heterocycles. The number of nitrogens with zero attached hydrogens (tertiary/aromatic N) is 1. The Kier molecular flexibility index (Phi) is 3.89. The van der Waals surface area contributed by atoms with Crippen molar-refractivity contribution in [1.29, 1.82) is 0 Å². The SMILES string of the molecule is O=C(C1Cc2ccccc2S(=O)(=O)N1)N1CCOC2(CCCC2)C1. The van der Waals surface area contributed by atoms with Gasteiger partial charge in [0.1, 0.15) is 6.04 Å². The Balaban J connectivity index is 1.55. The van der Waals surface area contributed by atoms with Crippen LogP contribution < -0.4 is 4.72 Å². The Hall–Kier alpha value is -1.44. The summed E-state index contributed by atoms with van der Waals surface area (Å²) in [7, 11) is -3.63. The van der Waals surface area contributed by atoms with Gasteiger partial charge < -0.3 is 9.64 Å². The molecule has 1 spiro atoms. The van der Waals surface area contributed by atoms with Gasteiger partial charge in [-0.1, -0.05) is 31.0 Å². The van der Waals surface area contributed by atoms with Gasteiger partial charge in [0.15, 0.2) is 0 Å². The van der Waals surface area contributed by atoms with Gasteiger partial charge in [0.2, 0.25) is 15.9 Å². The highest BCUT2D eigenvalue weighted by Crippen LogP contribution is 2.36. The highest BCUT2D eigenvalue weighted by atomic mass is 32.2. The summed E-state index contributed by atoms with van der Waals surface area (Å²) >= 11 is 0. The molecular formula is C17H22N2O4S. The summed E-state index contributed by atoms with van der Waals surface area (Å²) in [5.41, 5.74) is 0.498. The summed E-state index contributed by atoms with van der Waals surface area (Å²) in [5, 5.41) is 0. The Labute approximate surface area is 142 Å². The summed E-state index contributed by atoms with van der Waals surface area (Å²) < 4.78 is 33.4. The van der Waals surface area contributed by atoms with Crippen molar-refractivity contribution < 1.29 is 17.9 Å². The first-order valence-electron chi connectivity index (χ1n) is 8.52. The van der Waals surface area contributed by atoms with E-state index in [0.29, 0.717) is 31.7 Å². The maximum Gasteiger partial charge on any atom is 0.241 e. The van der Waals surface area contributed by atoms with Crippen LogP contribution in [0.4, 0.5) is 0 Å². The molecule has 1 aromatic rings. The van der Waals surface area contributed by atoms with Crippen LogP contribution in [-0.2, 0) is 26.0 Å². The monoisotopic (exact) mass is 350 g/mol. The lowest BCUT2D eigenvalue weighted by molar-refractivity contribution is -0.151. The number of morpholine rings is 1. The quantitative estimate of drug-likeness (QED) is 0.822. The van der Waals surface area contributed by atoms with Gasteiger partial charge in [0, 0.05) is 13.1 Å². The predicted octanol–water partition coefficient (Wildman–Crippen LogP) is 1.06. The Morgan fingerprint density at radius 2 is 2.00 bits per heavy atom. The number of carbonyl (C=O) groups is 1. The van der Waals surface area contributed by atoms with Crippen LogP contribution in [0.3, 0.4) is 0 Å². The molecule has 1 N–H and O–H groups in total. The number of carbonyl (C=O) groups excluding carboxylic acids is 1. The molecule has 1 unspecified atom stereocenters. The molecule has 6 nitrogen and oxygen atoms in total. The average molecular weight is 350 g/mol. The highest BCUT2D eigenvalue weighted by molar-refractivity contribution is 7.89. The smallest absolute Gasteiger partial charge is 0.241 e. The first-order valence-corrected chi connectivity index (χ1v) is 10.0. The van der Waals surface area contributed by atoms with Gasteiger partial charge in [-0.15, -0.1) is 0 Å². The third-order valence-electron chi connectivity index (χ3n) is 5.36. The topological polar surface area (TPSA) is 75.7 Å². The van der Waals surface area contributed by atoms with E-state index in [1.807, 2.05) is 6.07 Å². The number of nitrogens with one attached hydrogen (secondary N) is 1. The Morgan fingerprint density at radius 1 is 1.25 bits per heavy atom. The van der Waals surface area contributed by atoms with E-state index in [1.54, 1.807) is 23.1 Å². The fourth-order valence-corrected chi connectivity index (χ4v) is 5.60. The Morgan fingerprint density at radius 3 is 2.79 bits per heavy atom. The molecule has 130 valence electrons. The maximum atomic E-state index is 12.9. The molecule has 3 aliphatic rings. The molecule has 1 amide bonds. The van der Waals surface area contributed by atoms with Gasteiger partial charge in [-0.3, -0.25) is 4.79 Å². The third kappa shape index (κ3) is 2.74. The molecule has 0 aromatic heterocycles. The van der Waals surface area contributed by atoms with Crippen molar-refractivity contribution in [2.75, 3.05) is 19.7 Å². The van der Waals surface area contributed by atoms with E-state index in [1.165, 1.54) is 0 Å². The van der Waals surface area contributed by atoms with E-state index in [0.717, 1.165) is 25.7 Å². The second-order valence-corrected chi connectivity index (χ2v) is 8.67. The number of ether oxygens (including phenoxy) is 1. The summed E-state index contributed by atoms with van der Waals surface area (Å²) in [6.07, 6.45) is 4.63. The lowest BCUT2D eigenvalue weighted by Crippen LogP contribution is -2.58. The van der Waals surface area contributed by atoms with Crippen LogP contribution in [0.25, 0.3) is 0 Å². The van der Waals surface area contributed by atoms with Crippen molar-refractivity contribution in [3.8, 4) is 0 Å². The number of hydrogen-bond donors (Lipinski definition) is 1. The molecule has 1 aliphatic carbocycles. The predicted molar refractivity (Wildman–Crippen MR) is 88.0 cm³/mol. The van der Waals surface area contributed by atoms with Crippen molar-refractivity contribution in [2.45, 2.75) is 48.6 Å². The molecule has 24 heavy (non-hydrogen) atoms. The largest absolute Gasteiger partial charge is 0.371 e. The second-order valence-electron chi connectivity index (χ2n) is 6.98. The average Bonchev–Trinajstić information content (AvgIpc) is 3.01. The first-order chi connectivity index (χ1) is 11.5. The number of hydrogen-bond acceptors (Lipinski definition) is 4. The van der Waals surface area contributed by atoms with Crippen molar-refractivity contribution in [1.82, 2.24) is 9.62 Å². The molecule has 7 heteroatoms. The zero-order chi connectivity index (χ0) is 16.8. The number of sulfonamides is 1. The number of benzene rings is 1. The summed E-state index contributed by atoms with van der Waals surface area (Å²) in [5.74, 6) is -0.136. The van der Waals surface area contributed by atoms with Crippen LogP contribution in [-0.4, -0.2) is 50.6 Å². The minimum absolute atomic E-state index is 0.136. The van der Waals surface area contributed by atoms with Gasteiger partial charge >= 0.3 is 0 Å². The summed E-state index contributed by atoms with van der Waals surface area (Å²) in [4.78, 5) is 15.0. The second kappa shape index (κ2) is 5.82. The van der Waals surface area contributed by atoms with Crippen LogP contribution in [0.1, 0.15) is 31.2 Å². The van der Waals surface area contributed by atoms with Crippen LogP contribution in [0.5, 0.6) is 0 Å². The van der Waals surface area contributed by atoms with Crippen molar-refractivity contribution in [2.24, 2.45) is 0 Å². The van der Waals surface area contributed by atoms with E-state index < -0.39 is 16.1 Å². The van der Waals surface area contributed by atoms with Gasteiger partial charge in [0.05, 0.1) is 17.1 Å². The molecule has 2 aliphatic heterocycles. The van der Waals surface area contributed by atoms with Crippen molar-refractivity contribution >= 4 is 15.9 Å². The van der Waals surface area contributed by atoms with Crippen molar-refractivity contribution in [3.05, 3.63) is 29.8 Å². The van der Waals surface area contributed by atoms with Gasteiger partial charge in [-0.05, 0) is 30.9 Å². The van der Waals surface area contributed by atoms with Crippen LogP contribution >= 0.6 is 0 Å². The van der Waals surface area contributed by atoms with E-state index >= 15 is 0 Å². The van der Waals surface area contributed by atoms with Crippen LogP contribution in [0.2, 0.25) is 0 Å². The lowest BCUT2D eigenvalue weighted by atomic mass is 9.98. The number of amides is 1. The summed E-state index contributed by atoms with van der Waals surface area (Å²) in [6.45, 7) is 1.63. The number of fused-ring (bicyclic) bond motifs is 1. The van der Waals surface area contributed by atoms with Gasteiger partial charge in [-0.2, -0.15) is 4.72 Å². The zero-order valence-electron chi connectivity index (χ0n) is 13.5. The first kappa shape index (κ1) is 16.1.